The molecule has 0 radical (unpaired) electrons. The van der Waals surface area contributed by atoms with Crippen molar-refractivity contribution < 1.29 is 18.3 Å². The summed E-state index contributed by atoms with van der Waals surface area (Å²) in [6, 6.07) is -0.857. The van der Waals surface area contributed by atoms with Crippen LogP contribution < -0.4 is 11.1 Å². The molecule has 1 aliphatic carbocycles. The third-order valence-corrected chi connectivity index (χ3v) is 4.11. The highest BCUT2D eigenvalue weighted by atomic mass is 32.2. The molecule has 0 heterocycles. The second-order valence-electron chi connectivity index (χ2n) is 5.05. The van der Waals surface area contributed by atoms with E-state index in [0.717, 1.165) is 25.5 Å². The van der Waals surface area contributed by atoms with E-state index in [2.05, 4.69) is 5.32 Å². The van der Waals surface area contributed by atoms with Crippen molar-refractivity contribution in [3.63, 3.8) is 0 Å². The monoisotopic (exact) mass is 278 g/mol. The highest BCUT2D eigenvalue weighted by Gasteiger charge is 2.24. The molecule has 1 fully saturated rings. The lowest BCUT2D eigenvalue weighted by molar-refractivity contribution is -0.123. The number of hydrogen-bond acceptors (Lipinski definition) is 5. The Hall–Kier alpha value is -0.660. The first-order valence-corrected chi connectivity index (χ1v) is 8.26. The van der Waals surface area contributed by atoms with Gasteiger partial charge in [0.2, 0.25) is 5.91 Å². The fraction of sp³-hybridized carbons (Fsp3) is 0.909. The Morgan fingerprint density at radius 2 is 2.17 bits per heavy atom. The maximum atomic E-state index is 11.7. The molecule has 0 bridgehead atoms. The van der Waals surface area contributed by atoms with Gasteiger partial charge in [0.25, 0.3) is 0 Å². The summed E-state index contributed by atoms with van der Waals surface area (Å²) in [5, 5.41) is 12.2. The van der Waals surface area contributed by atoms with Crippen LogP contribution in [0.3, 0.4) is 0 Å². The molecule has 1 rings (SSSR count). The van der Waals surface area contributed by atoms with Crippen LogP contribution >= 0.6 is 0 Å². The number of carbonyl (C=O) groups is 1. The van der Waals surface area contributed by atoms with Crippen molar-refractivity contribution in [2.24, 2.45) is 5.73 Å². The lowest BCUT2D eigenvalue weighted by atomic mass is 9.93. The van der Waals surface area contributed by atoms with Crippen LogP contribution in [-0.2, 0) is 14.6 Å². The van der Waals surface area contributed by atoms with Gasteiger partial charge in [-0.15, -0.1) is 0 Å². The summed E-state index contributed by atoms with van der Waals surface area (Å²) in [6.07, 6.45) is 3.91. The number of nitrogens with one attached hydrogen (secondary N) is 1. The fourth-order valence-electron chi connectivity index (χ4n) is 2.08. The minimum absolute atomic E-state index is 0.0504. The van der Waals surface area contributed by atoms with Crippen LogP contribution in [0, 0.1) is 0 Å². The molecular weight excluding hydrogens is 256 g/mol. The summed E-state index contributed by atoms with van der Waals surface area (Å²) < 4.78 is 21.9. The first-order chi connectivity index (χ1) is 8.28. The number of sulfone groups is 1. The molecule has 7 heteroatoms. The Morgan fingerprint density at radius 3 is 2.72 bits per heavy atom. The highest BCUT2D eigenvalue weighted by Crippen LogP contribution is 2.18. The third-order valence-electron chi connectivity index (χ3n) is 3.13. The van der Waals surface area contributed by atoms with Gasteiger partial charge >= 0.3 is 0 Å². The van der Waals surface area contributed by atoms with Crippen LogP contribution in [0.15, 0.2) is 0 Å². The van der Waals surface area contributed by atoms with E-state index in [-0.39, 0.29) is 30.2 Å². The van der Waals surface area contributed by atoms with Crippen molar-refractivity contribution in [1.82, 2.24) is 5.32 Å². The average Bonchev–Trinajstić information content (AvgIpc) is 2.24. The molecule has 3 unspecified atom stereocenters. The first kappa shape index (κ1) is 15.4. The van der Waals surface area contributed by atoms with Crippen LogP contribution in [-0.4, -0.2) is 49.6 Å². The molecule has 0 aromatic heterocycles. The van der Waals surface area contributed by atoms with Crippen molar-refractivity contribution in [2.75, 3.05) is 12.0 Å². The van der Waals surface area contributed by atoms with Crippen LogP contribution in [0.25, 0.3) is 0 Å². The van der Waals surface area contributed by atoms with Crippen LogP contribution in [0.4, 0.5) is 0 Å². The maximum Gasteiger partial charge on any atom is 0.237 e. The summed E-state index contributed by atoms with van der Waals surface area (Å²) >= 11 is 0. The SMILES string of the molecule is CS(=O)(=O)CCC(N)C(=O)NC1CCCC(O)C1. The molecule has 0 aromatic rings. The van der Waals surface area contributed by atoms with Gasteiger partial charge in [-0.1, -0.05) is 0 Å². The smallest absolute Gasteiger partial charge is 0.237 e. The van der Waals surface area contributed by atoms with Crippen molar-refractivity contribution >= 4 is 15.7 Å². The quantitative estimate of drug-likeness (QED) is 0.608. The van der Waals surface area contributed by atoms with Crippen molar-refractivity contribution in [2.45, 2.75) is 50.3 Å². The molecule has 1 amide bonds. The third kappa shape index (κ3) is 5.79. The molecule has 106 valence electrons. The van der Waals surface area contributed by atoms with Gasteiger partial charge in [-0.3, -0.25) is 4.79 Å². The molecule has 6 nitrogen and oxygen atoms in total. The summed E-state index contributed by atoms with van der Waals surface area (Å²) in [6.45, 7) is 0. The normalized spacial score (nSPS) is 26.6. The molecule has 0 saturated heterocycles. The van der Waals surface area contributed by atoms with Crippen LogP contribution in [0.2, 0.25) is 0 Å². The van der Waals surface area contributed by atoms with Gasteiger partial charge in [-0.25, -0.2) is 8.42 Å². The Kier molecular flexibility index (Phi) is 5.55. The zero-order valence-electron chi connectivity index (χ0n) is 10.6. The lowest BCUT2D eigenvalue weighted by Crippen LogP contribution is -2.47. The molecule has 1 saturated carbocycles. The Morgan fingerprint density at radius 1 is 1.50 bits per heavy atom. The predicted octanol–water partition coefficient (Wildman–Crippen LogP) is -0.832. The van der Waals surface area contributed by atoms with E-state index in [1.54, 1.807) is 0 Å². The van der Waals surface area contributed by atoms with Gasteiger partial charge in [-0.2, -0.15) is 0 Å². The van der Waals surface area contributed by atoms with E-state index in [1.807, 2.05) is 0 Å². The zero-order chi connectivity index (χ0) is 13.8. The van der Waals surface area contributed by atoms with E-state index in [0.29, 0.717) is 6.42 Å². The van der Waals surface area contributed by atoms with Crippen molar-refractivity contribution in [3.05, 3.63) is 0 Å². The molecule has 1 aliphatic rings. The number of nitrogens with two attached hydrogens (primary N) is 1. The second kappa shape index (κ2) is 6.49. The summed E-state index contributed by atoms with van der Waals surface area (Å²) in [7, 11) is -3.09. The van der Waals surface area contributed by atoms with E-state index < -0.39 is 15.9 Å². The summed E-state index contributed by atoms with van der Waals surface area (Å²) in [5.74, 6) is -0.424. The van der Waals surface area contributed by atoms with Gasteiger partial charge in [-0.05, 0) is 32.1 Å². The number of aliphatic hydroxyl groups is 1. The fourth-order valence-corrected chi connectivity index (χ4v) is 2.76. The van der Waals surface area contributed by atoms with Gasteiger partial charge < -0.3 is 16.2 Å². The van der Waals surface area contributed by atoms with Crippen LogP contribution in [0.5, 0.6) is 0 Å². The number of aliphatic hydroxyl groups excluding tert-OH is 1. The molecule has 4 N–H and O–H groups in total. The molecule has 0 aromatic carbocycles. The second-order valence-corrected chi connectivity index (χ2v) is 7.31. The minimum Gasteiger partial charge on any atom is -0.393 e. The number of carbonyl (C=O) groups excluding carboxylic acids is 1. The van der Waals surface area contributed by atoms with Gasteiger partial charge in [0.05, 0.1) is 17.9 Å². The molecule has 0 spiro atoms. The van der Waals surface area contributed by atoms with E-state index in [4.69, 9.17) is 5.73 Å². The van der Waals surface area contributed by atoms with Crippen LogP contribution in [0.1, 0.15) is 32.1 Å². The largest absolute Gasteiger partial charge is 0.393 e. The molecular formula is C11H22N2O4S. The number of amides is 1. The summed E-state index contributed by atoms with van der Waals surface area (Å²) in [4.78, 5) is 11.7. The highest BCUT2D eigenvalue weighted by molar-refractivity contribution is 7.90. The topological polar surface area (TPSA) is 109 Å². The molecule has 3 atom stereocenters. The van der Waals surface area contributed by atoms with Crippen molar-refractivity contribution in [3.8, 4) is 0 Å². The van der Waals surface area contributed by atoms with E-state index in [9.17, 15) is 18.3 Å². The number of rotatable bonds is 5. The van der Waals surface area contributed by atoms with E-state index >= 15 is 0 Å². The van der Waals surface area contributed by atoms with E-state index in [1.165, 1.54) is 0 Å². The average molecular weight is 278 g/mol. The Balaban J connectivity index is 2.35. The van der Waals surface area contributed by atoms with Gasteiger partial charge in [0, 0.05) is 12.3 Å². The van der Waals surface area contributed by atoms with Gasteiger partial charge in [0.1, 0.15) is 9.84 Å². The Labute approximate surface area is 108 Å². The summed E-state index contributed by atoms with van der Waals surface area (Å²) in [5.41, 5.74) is 5.64. The molecule has 0 aliphatic heterocycles. The number of hydrogen-bond donors (Lipinski definition) is 3. The Bertz CT molecular complexity index is 383. The standard InChI is InChI=1S/C11H22N2O4S/c1-18(16,17)6-5-10(12)11(15)13-8-3-2-4-9(14)7-8/h8-10,14H,2-7,12H2,1H3,(H,13,15). The zero-order valence-corrected chi connectivity index (χ0v) is 11.4. The molecule has 18 heavy (non-hydrogen) atoms. The predicted molar refractivity (Wildman–Crippen MR) is 68.7 cm³/mol. The first-order valence-electron chi connectivity index (χ1n) is 6.19. The lowest BCUT2D eigenvalue weighted by Gasteiger charge is -2.27. The van der Waals surface area contributed by atoms with Gasteiger partial charge in [0.15, 0.2) is 0 Å². The minimum atomic E-state index is -3.09. The van der Waals surface area contributed by atoms with Crippen molar-refractivity contribution in [1.29, 1.82) is 0 Å². The maximum absolute atomic E-state index is 11.7.